The molecule has 0 aromatic rings. The number of likely N-dealkylation sites (tertiary alicyclic amines) is 1. The lowest BCUT2D eigenvalue weighted by Gasteiger charge is -2.36. The predicted octanol–water partition coefficient (Wildman–Crippen LogP) is 0.668. The highest BCUT2D eigenvalue weighted by molar-refractivity contribution is 4.86. The molecule has 1 aliphatic heterocycles. The Morgan fingerprint density at radius 1 is 1.29 bits per heavy atom. The Kier molecular flexibility index (Phi) is 4.35. The number of hydrogen-bond acceptors (Lipinski definition) is 3. The van der Waals surface area contributed by atoms with E-state index in [1.807, 2.05) is 7.05 Å². The first-order chi connectivity index (χ1) is 6.53. The minimum absolute atomic E-state index is 0.218. The third-order valence-electron chi connectivity index (χ3n) is 2.93. The summed E-state index contributed by atoms with van der Waals surface area (Å²) in [5.74, 6) is 0. The summed E-state index contributed by atoms with van der Waals surface area (Å²) >= 11 is 0. The summed E-state index contributed by atoms with van der Waals surface area (Å²) in [6.07, 6.45) is 2.56. The first-order valence-electron chi connectivity index (χ1n) is 5.64. The Hall–Kier alpha value is -0.120. The van der Waals surface area contributed by atoms with Gasteiger partial charge in [-0.05, 0) is 53.9 Å². The van der Waals surface area contributed by atoms with E-state index >= 15 is 0 Å². The molecule has 3 heteroatoms. The molecule has 0 saturated carbocycles. The Morgan fingerprint density at radius 3 is 2.36 bits per heavy atom. The van der Waals surface area contributed by atoms with Gasteiger partial charge in [-0.2, -0.15) is 0 Å². The maximum atomic E-state index is 3.73. The lowest BCUT2D eigenvalue weighted by Crippen LogP contribution is -2.54. The second-order valence-electron chi connectivity index (χ2n) is 5.14. The standard InChI is InChI=1S/C11H25N3/c1-11(2,9-12-3)13-10-5-7-14(4)8-6-10/h10,12-13H,5-9H2,1-4H3. The van der Waals surface area contributed by atoms with Gasteiger partial charge in [0.1, 0.15) is 0 Å². The number of hydrogen-bond donors (Lipinski definition) is 2. The van der Waals surface area contributed by atoms with Gasteiger partial charge in [-0.25, -0.2) is 0 Å². The van der Waals surface area contributed by atoms with Crippen LogP contribution in [0.4, 0.5) is 0 Å². The van der Waals surface area contributed by atoms with Crippen LogP contribution < -0.4 is 10.6 Å². The van der Waals surface area contributed by atoms with E-state index < -0.39 is 0 Å². The van der Waals surface area contributed by atoms with Gasteiger partial charge in [-0.3, -0.25) is 0 Å². The fourth-order valence-electron chi connectivity index (χ4n) is 2.20. The molecule has 0 aliphatic carbocycles. The van der Waals surface area contributed by atoms with E-state index in [1.165, 1.54) is 25.9 Å². The number of likely N-dealkylation sites (N-methyl/N-ethyl adjacent to an activating group) is 1. The second kappa shape index (κ2) is 5.10. The molecular weight excluding hydrogens is 174 g/mol. The van der Waals surface area contributed by atoms with Crippen LogP contribution in [-0.4, -0.2) is 50.2 Å². The first kappa shape index (κ1) is 12.0. The molecule has 2 N–H and O–H groups in total. The van der Waals surface area contributed by atoms with Crippen molar-refractivity contribution in [3.05, 3.63) is 0 Å². The third kappa shape index (κ3) is 3.95. The van der Waals surface area contributed by atoms with Crippen molar-refractivity contribution >= 4 is 0 Å². The van der Waals surface area contributed by atoms with Crippen LogP contribution in [0.5, 0.6) is 0 Å². The molecule has 1 heterocycles. The van der Waals surface area contributed by atoms with Crippen LogP contribution in [0, 0.1) is 0 Å². The van der Waals surface area contributed by atoms with Crippen LogP contribution in [0.2, 0.25) is 0 Å². The van der Waals surface area contributed by atoms with E-state index in [1.54, 1.807) is 0 Å². The molecule has 84 valence electrons. The van der Waals surface area contributed by atoms with Crippen molar-refractivity contribution in [1.29, 1.82) is 0 Å². The summed E-state index contributed by atoms with van der Waals surface area (Å²) in [6.45, 7) is 8.02. The highest BCUT2D eigenvalue weighted by Crippen LogP contribution is 2.12. The Labute approximate surface area is 88.2 Å². The normalized spacial score (nSPS) is 21.4. The minimum Gasteiger partial charge on any atom is -0.318 e. The summed E-state index contributed by atoms with van der Waals surface area (Å²) in [4.78, 5) is 2.41. The van der Waals surface area contributed by atoms with Crippen molar-refractivity contribution < 1.29 is 0 Å². The van der Waals surface area contributed by atoms with Gasteiger partial charge in [-0.15, -0.1) is 0 Å². The van der Waals surface area contributed by atoms with Gasteiger partial charge in [0.05, 0.1) is 0 Å². The predicted molar refractivity (Wildman–Crippen MR) is 61.7 cm³/mol. The molecule has 3 nitrogen and oxygen atoms in total. The first-order valence-corrected chi connectivity index (χ1v) is 5.64. The Balaban J connectivity index is 2.29. The topological polar surface area (TPSA) is 27.3 Å². The van der Waals surface area contributed by atoms with Crippen LogP contribution in [0.15, 0.2) is 0 Å². The summed E-state index contributed by atoms with van der Waals surface area (Å²) in [5, 5.41) is 6.96. The maximum Gasteiger partial charge on any atom is 0.0252 e. The lowest BCUT2D eigenvalue weighted by atomic mass is 9.99. The van der Waals surface area contributed by atoms with E-state index in [2.05, 4.69) is 36.4 Å². The molecule has 1 saturated heterocycles. The largest absolute Gasteiger partial charge is 0.318 e. The van der Waals surface area contributed by atoms with Crippen molar-refractivity contribution in [1.82, 2.24) is 15.5 Å². The highest BCUT2D eigenvalue weighted by atomic mass is 15.1. The number of piperidine rings is 1. The van der Waals surface area contributed by atoms with Crippen molar-refractivity contribution in [3.8, 4) is 0 Å². The van der Waals surface area contributed by atoms with E-state index in [0.717, 1.165) is 6.54 Å². The van der Waals surface area contributed by atoms with Crippen molar-refractivity contribution in [2.75, 3.05) is 33.7 Å². The third-order valence-corrected chi connectivity index (χ3v) is 2.93. The minimum atomic E-state index is 0.218. The SMILES string of the molecule is CNCC(C)(C)NC1CCN(C)CC1. The van der Waals surface area contributed by atoms with Gasteiger partial charge < -0.3 is 15.5 Å². The van der Waals surface area contributed by atoms with Crippen molar-refractivity contribution in [3.63, 3.8) is 0 Å². The molecule has 0 atom stereocenters. The zero-order valence-corrected chi connectivity index (χ0v) is 10.1. The summed E-state index contributed by atoms with van der Waals surface area (Å²) < 4.78 is 0. The van der Waals surface area contributed by atoms with Gasteiger partial charge in [0.2, 0.25) is 0 Å². The zero-order valence-electron chi connectivity index (χ0n) is 10.1. The average Bonchev–Trinajstić information content (AvgIpc) is 2.08. The van der Waals surface area contributed by atoms with Crippen LogP contribution >= 0.6 is 0 Å². The highest BCUT2D eigenvalue weighted by Gasteiger charge is 2.23. The second-order valence-corrected chi connectivity index (χ2v) is 5.14. The molecule has 1 aliphatic rings. The van der Waals surface area contributed by atoms with E-state index in [9.17, 15) is 0 Å². The molecule has 0 unspecified atom stereocenters. The van der Waals surface area contributed by atoms with Crippen LogP contribution in [0.25, 0.3) is 0 Å². The zero-order chi connectivity index (χ0) is 10.6. The van der Waals surface area contributed by atoms with Gasteiger partial charge in [0, 0.05) is 18.1 Å². The molecule has 0 spiro atoms. The van der Waals surface area contributed by atoms with E-state index in [0.29, 0.717) is 6.04 Å². The van der Waals surface area contributed by atoms with Gasteiger partial charge >= 0.3 is 0 Å². The number of nitrogens with zero attached hydrogens (tertiary/aromatic N) is 1. The number of nitrogens with one attached hydrogen (secondary N) is 2. The Morgan fingerprint density at radius 2 is 1.86 bits per heavy atom. The maximum absolute atomic E-state index is 3.73. The fraction of sp³-hybridized carbons (Fsp3) is 1.00. The molecule has 0 aromatic heterocycles. The number of rotatable bonds is 4. The molecule has 0 amide bonds. The van der Waals surface area contributed by atoms with Crippen molar-refractivity contribution in [2.45, 2.75) is 38.3 Å². The van der Waals surface area contributed by atoms with Crippen LogP contribution in [0.1, 0.15) is 26.7 Å². The molecule has 0 bridgehead atoms. The quantitative estimate of drug-likeness (QED) is 0.697. The van der Waals surface area contributed by atoms with Crippen molar-refractivity contribution in [2.24, 2.45) is 0 Å². The Bertz CT molecular complexity index is 160. The molecule has 0 radical (unpaired) electrons. The van der Waals surface area contributed by atoms with Gasteiger partial charge in [0.15, 0.2) is 0 Å². The lowest BCUT2D eigenvalue weighted by molar-refractivity contribution is 0.204. The molecule has 14 heavy (non-hydrogen) atoms. The van der Waals surface area contributed by atoms with Gasteiger partial charge in [-0.1, -0.05) is 0 Å². The van der Waals surface area contributed by atoms with Gasteiger partial charge in [0.25, 0.3) is 0 Å². The summed E-state index contributed by atoms with van der Waals surface area (Å²) in [7, 11) is 4.22. The summed E-state index contributed by atoms with van der Waals surface area (Å²) in [5.41, 5.74) is 0.218. The fourth-order valence-corrected chi connectivity index (χ4v) is 2.20. The smallest absolute Gasteiger partial charge is 0.0252 e. The molecular formula is C11H25N3. The molecule has 1 rings (SSSR count). The monoisotopic (exact) mass is 199 g/mol. The van der Waals surface area contributed by atoms with Crippen LogP contribution in [0.3, 0.4) is 0 Å². The molecule has 1 fully saturated rings. The molecule has 0 aromatic carbocycles. The average molecular weight is 199 g/mol. The van der Waals surface area contributed by atoms with E-state index in [-0.39, 0.29) is 5.54 Å². The van der Waals surface area contributed by atoms with E-state index in [4.69, 9.17) is 0 Å². The van der Waals surface area contributed by atoms with Crippen LogP contribution in [-0.2, 0) is 0 Å². The summed E-state index contributed by atoms with van der Waals surface area (Å²) in [6, 6.07) is 0.703.